The predicted molar refractivity (Wildman–Crippen MR) is 161 cm³/mol. The maximum absolute atomic E-state index is 11.5. The largest absolute Gasteiger partial charge is 0.497 e. The van der Waals surface area contributed by atoms with Gasteiger partial charge in [-0.1, -0.05) is 87.6 Å². The summed E-state index contributed by atoms with van der Waals surface area (Å²) in [6.45, 7) is 20.3. The van der Waals surface area contributed by atoms with E-state index < -0.39 is 6.10 Å². The number of thioether (sulfide) groups is 1. The van der Waals surface area contributed by atoms with E-state index in [2.05, 4.69) is 50.2 Å². The van der Waals surface area contributed by atoms with Crippen molar-refractivity contribution >= 4 is 18.2 Å². The van der Waals surface area contributed by atoms with Crippen LogP contribution in [0, 0.1) is 5.92 Å². The van der Waals surface area contributed by atoms with E-state index in [4.69, 9.17) is 4.74 Å². The zero-order chi connectivity index (χ0) is 27.8. The second kappa shape index (κ2) is 17.7. The molecule has 1 rings (SSSR count). The minimum atomic E-state index is -0.781. The lowest BCUT2D eigenvalue weighted by molar-refractivity contribution is -0.108. The Morgan fingerprint density at radius 2 is 1.86 bits per heavy atom. The van der Waals surface area contributed by atoms with Gasteiger partial charge in [0, 0.05) is 16.2 Å². The number of amides is 1. The number of hydrogen-bond donors (Lipinski definition) is 2. The van der Waals surface area contributed by atoms with Gasteiger partial charge in [-0.2, -0.15) is 0 Å². The van der Waals surface area contributed by atoms with Crippen LogP contribution in [0.25, 0.3) is 0 Å². The fourth-order valence-corrected chi connectivity index (χ4v) is 4.93. The molecule has 1 unspecified atom stereocenters. The number of nitrogens with one attached hydrogen (secondary N) is 1. The second-order valence-corrected chi connectivity index (χ2v) is 10.3. The van der Waals surface area contributed by atoms with Crippen molar-refractivity contribution in [2.75, 3.05) is 7.11 Å². The molecule has 0 aromatic heterocycles. The molecule has 0 aliphatic heterocycles. The first-order chi connectivity index (χ1) is 17.7. The number of rotatable bonds is 15. The monoisotopic (exact) mass is 523 g/mol. The van der Waals surface area contributed by atoms with E-state index in [9.17, 15) is 9.90 Å². The van der Waals surface area contributed by atoms with Gasteiger partial charge < -0.3 is 15.2 Å². The van der Waals surface area contributed by atoms with Crippen LogP contribution in [-0.4, -0.2) is 24.7 Å². The summed E-state index contributed by atoms with van der Waals surface area (Å²) in [5.41, 5.74) is 5.07. The topological polar surface area (TPSA) is 58.6 Å². The van der Waals surface area contributed by atoms with Crippen LogP contribution in [0.1, 0.15) is 66.2 Å². The molecule has 1 aliphatic carbocycles. The van der Waals surface area contributed by atoms with Gasteiger partial charge in [0.2, 0.25) is 6.41 Å². The molecular formula is C32H45NO3S. The minimum absolute atomic E-state index is 0.419. The van der Waals surface area contributed by atoms with Crippen molar-refractivity contribution in [1.82, 2.24) is 5.32 Å². The highest BCUT2D eigenvalue weighted by molar-refractivity contribution is 8.06. The average molecular weight is 524 g/mol. The van der Waals surface area contributed by atoms with Gasteiger partial charge in [-0.05, 0) is 80.2 Å². The lowest BCUT2D eigenvalue weighted by atomic mass is 9.84. The Kier molecular flexibility index (Phi) is 15.4. The molecule has 0 spiro atoms. The molecule has 1 fully saturated rings. The molecule has 202 valence electrons. The summed E-state index contributed by atoms with van der Waals surface area (Å²) in [5.74, 6) is 0.970. The van der Waals surface area contributed by atoms with Crippen molar-refractivity contribution in [2.45, 2.75) is 72.3 Å². The van der Waals surface area contributed by atoms with E-state index >= 15 is 0 Å². The fraction of sp³-hybridized carbons (Fsp3) is 0.406. The lowest BCUT2D eigenvalue weighted by Gasteiger charge is -2.22. The van der Waals surface area contributed by atoms with Crippen molar-refractivity contribution in [3.8, 4) is 0 Å². The Morgan fingerprint density at radius 3 is 2.43 bits per heavy atom. The van der Waals surface area contributed by atoms with Gasteiger partial charge >= 0.3 is 0 Å². The van der Waals surface area contributed by atoms with Gasteiger partial charge in [-0.25, -0.2) is 0 Å². The number of hydrogen-bond acceptors (Lipinski definition) is 4. The number of methoxy groups -OCH3 is 1. The van der Waals surface area contributed by atoms with Crippen molar-refractivity contribution < 1.29 is 14.6 Å². The molecule has 4 nitrogen and oxygen atoms in total. The van der Waals surface area contributed by atoms with Crippen LogP contribution in [0.2, 0.25) is 0 Å². The summed E-state index contributed by atoms with van der Waals surface area (Å²) in [6, 6.07) is 0. The number of ether oxygens (including phenoxy) is 1. The van der Waals surface area contributed by atoms with Gasteiger partial charge in [0.25, 0.3) is 0 Å². The molecular weight excluding hydrogens is 478 g/mol. The molecule has 37 heavy (non-hydrogen) atoms. The fourth-order valence-electron chi connectivity index (χ4n) is 4.20. The van der Waals surface area contributed by atoms with E-state index in [1.54, 1.807) is 37.9 Å². The van der Waals surface area contributed by atoms with Crippen LogP contribution in [0.3, 0.4) is 0 Å². The average Bonchev–Trinajstić information content (AvgIpc) is 2.88. The highest BCUT2D eigenvalue weighted by Gasteiger charge is 2.19. The zero-order valence-corrected chi connectivity index (χ0v) is 24.1. The van der Waals surface area contributed by atoms with Gasteiger partial charge in [0.15, 0.2) is 0 Å². The summed E-state index contributed by atoms with van der Waals surface area (Å²) >= 11 is 1.55. The molecule has 0 aromatic carbocycles. The Bertz CT molecular complexity index is 999. The summed E-state index contributed by atoms with van der Waals surface area (Å²) in [5, 5.41) is 14.9. The molecule has 0 heterocycles. The number of carbonyl (C=O) groups excluding carboxylic acids is 1. The van der Waals surface area contributed by atoms with E-state index in [0.717, 1.165) is 33.6 Å². The molecule has 0 radical (unpaired) electrons. The Labute approximate surface area is 229 Å². The third-order valence-corrected chi connectivity index (χ3v) is 7.18. The zero-order valence-electron chi connectivity index (χ0n) is 23.3. The third-order valence-electron chi connectivity index (χ3n) is 6.27. The summed E-state index contributed by atoms with van der Waals surface area (Å²) in [6.07, 6.45) is 18.7. The Balaban J connectivity index is 3.66. The number of aliphatic hydroxyl groups is 1. The van der Waals surface area contributed by atoms with Crippen molar-refractivity contribution in [1.29, 1.82) is 0 Å². The molecule has 5 heteroatoms. The molecule has 1 atom stereocenters. The van der Waals surface area contributed by atoms with Crippen molar-refractivity contribution in [2.24, 2.45) is 5.92 Å². The number of aliphatic hydroxyl groups excluding tert-OH is 1. The van der Waals surface area contributed by atoms with E-state index in [-0.39, 0.29) is 0 Å². The maximum Gasteiger partial charge on any atom is 0.211 e. The Morgan fingerprint density at radius 1 is 1.19 bits per heavy atom. The van der Waals surface area contributed by atoms with Crippen LogP contribution < -0.4 is 5.32 Å². The summed E-state index contributed by atoms with van der Waals surface area (Å²) < 4.78 is 5.36. The molecule has 0 saturated heterocycles. The van der Waals surface area contributed by atoms with Crippen molar-refractivity contribution in [3.05, 3.63) is 106 Å². The number of allylic oxidation sites excluding steroid dienone is 9. The first-order valence-electron chi connectivity index (χ1n) is 13.0. The van der Waals surface area contributed by atoms with Gasteiger partial charge in [-0.15, -0.1) is 0 Å². The molecule has 1 amide bonds. The van der Waals surface area contributed by atoms with Gasteiger partial charge in [0.05, 0.1) is 13.2 Å². The summed E-state index contributed by atoms with van der Waals surface area (Å²) in [4.78, 5) is 12.4. The third kappa shape index (κ3) is 11.4. The first kappa shape index (κ1) is 32.3. The second-order valence-electron chi connectivity index (χ2n) is 9.25. The van der Waals surface area contributed by atoms with Gasteiger partial charge in [-0.3, -0.25) is 4.79 Å². The molecule has 1 aliphatic rings. The highest BCUT2D eigenvalue weighted by atomic mass is 32.2. The highest BCUT2D eigenvalue weighted by Crippen LogP contribution is 2.35. The minimum Gasteiger partial charge on any atom is -0.497 e. The molecule has 0 aromatic rings. The maximum atomic E-state index is 11.5. The Hall–Kier alpha value is -2.76. The molecule has 1 saturated carbocycles. The standard InChI is InChI=1S/C32H45NO3S/c1-9-10-19-37-28(7)27(6)32(24(3)16-14-15-23(2)29-17-12-11-13-18-29)30(21-26(5)36-8)31(33-22-34)20-25(4)35/h10,14-16,19-22,25,29,35H,2,5,7,9,11-13,17-18H2,1,3-4,6,8H3,(H,33,34)/b15-14-,19-10-,24-16+,30-21+,31-20+,32-27+. The van der Waals surface area contributed by atoms with E-state index in [1.165, 1.54) is 32.1 Å². The normalized spacial score (nSPS) is 17.5. The van der Waals surface area contributed by atoms with Crippen LogP contribution in [0.15, 0.2) is 106 Å². The van der Waals surface area contributed by atoms with Crippen molar-refractivity contribution in [3.63, 3.8) is 0 Å². The molecule has 0 bridgehead atoms. The smallest absolute Gasteiger partial charge is 0.211 e. The van der Waals surface area contributed by atoms with Gasteiger partial charge in [0.1, 0.15) is 5.76 Å². The van der Waals surface area contributed by atoms with E-state index in [1.807, 2.05) is 25.3 Å². The predicted octanol–water partition coefficient (Wildman–Crippen LogP) is 8.21. The lowest BCUT2D eigenvalue weighted by Crippen LogP contribution is -2.17. The number of carbonyl (C=O) groups is 1. The van der Waals surface area contributed by atoms with Crippen LogP contribution in [0.5, 0.6) is 0 Å². The quantitative estimate of drug-likeness (QED) is 0.129. The van der Waals surface area contributed by atoms with Crippen LogP contribution >= 0.6 is 11.8 Å². The first-order valence-corrected chi connectivity index (χ1v) is 13.8. The van der Waals surface area contributed by atoms with Crippen LogP contribution in [-0.2, 0) is 9.53 Å². The van der Waals surface area contributed by atoms with Crippen LogP contribution in [0.4, 0.5) is 0 Å². The van der Waals surface area contributed by atoms with E-state index in [0.29, 0.717) is 29.4 Å². The SMILES string of the molecule is C=C(/C=C(C(=C/C(C)O)\NC=O)/C(C(/C)=C/C=C\C(=C)C1CCCCC1)=C(\C)C(=C)S/C=C\CC)OC. The molecule has 2 N–H and O–H groups in total. The summed E-state index contributed by atoms with van der Waals surface area (Å²) in [7, 11) is 1.55.